The third-order valence-corrected chi connectivity index (χ3v) is 11.5. The highest BCUT2D eigenvalue weighted by atomic mass is 16.6. The number of hydrogen-bond acceptors (Lipinski definition) is 10. The standard InChI is InChI=1S/C41H59NO9/c1-5-6-7-8-9-10-11-12-13-14-15-16-17-18-19-20-34(44)48-28(2)38(45)49-29(3)39(46)50-32-23-24-41(47)33-27-30-21-22-31(43)36-35(30)40(41,37(32)51-36)25-26-42(33)4/h12-13,21-23,28-29,33,37,43,47H,5-11,14-20,24-27H2,1-4H3/b13-12-/t28-,29-,33+,37-,40-,41+/m0/s1. The van der Waals surface area contributed by atoms with E-state index < -0.39 is 47.2 Å². The second kappa shape index (κ2) is 17.4. The number of aromatic hydroxyl groups is 1. The number of ether oxygens (including phenoxy) is 4. The molecule has 0 saturated carbocycles. The molecule has 2 N–H and O–H groups in total. The Morgan fingerprint density at radius 1 is 0.941 bits per heavy atom. The fourth-order valence-corrected chi connectivity index (χ4v) is 8.60. The zero-order valence-electron chi connectivity index (χ0n) is 31.1. The predicted octanol–water partition coefficient (Wildman–Crippen LogP) is 7.11. The Labute approximate surface area is 303 Å². The predicted molar refractivity (Wildman–Crippen MR) is 193 cm³/mol. The maximum absolute atomic E-state index is 13.2. The van der Waals surface area contributed by atoms with Crippen molar-refractivity contribution >= 4 is 17.9 Å². The van der Waals surface area contributed by atoms with Gasteiger partial charge in [0.2, 0.25) is 0 Å². The van der Waals surface area contributed by atoms with Crippen LogP contribution >= 0.6 is 0 Å². The van der Waals surface area contributed by atoms with Crippen LogP contribution in [-0.2, 0) is 40.4 Å². The average molecular weight is 710 g/mol. The SMILES string of the molecule is CCCCCCCC/C=C\CCCCCCCC(=O)O[C@@H](C)C(=O)O[C@@H](C)C(=O)OC1=CC[C@@]2(O)[C@H]3Cc4ccc(O)c5c4[C@@]2(CCN3C)[C@H]1O5. The number of aliphatic hydroxyl groups is 1. The van der Waals surface area contributed by atoms with Crippen LogP contribution in [0.1, 0.15) is 135 Å². The van der Waals surface area contributed by atoms with Crippen LogP contribution in [0.15, 0.2) is 36.1 Å². The van der Waals surface area contributed by atoms with Crippen molar-refractivity contribution in [2.24, 2.45) is 0 Å². The molecule has 0 radical (unpaired) electrons. The number of benzene rings is 1. The van der Waals surface area contributed by atoms with E-state index in [1.807, 2.05) is 13.1 Å². The minimum atomic E-state index is -1.28. The number of likely N-dealkylation sites (tertiary alicyclic amines) is 1. The van der Waals surface area contributed by atoms with E-state index in [-0.39, 0.29) is 30.4 Å². The number of hydrogen-bond donors (Lipinski definition) is 2. The molecule has 1 aromatic rings. The molecule has 0 aromatic heterocycles. The Morgan fingerprint density at radius 3 is 2.29 bits per heavy atom. The Kier molecular flexibility index (Phi) is 13.3. The van der Waals surface area contributed by atoms with Gasteiger partial charge in [-0.05, 0) is 90.1 Å². The van der Waals surface area contributed by atoms with Gasteiger partial charge < -0.3 is 34.1 Å². The largest absolute Gasteiger partial charge is 0.504 e. The molecule has 282 valence electrons. The highest BCUT2D eigenvalue weighted by molar-refractivity contribution is 5.83. The summed E-state index contributed by atoms with van der Waals surface area (Å²) in [6.45, 7) is 5.77. The molecule has 1 spiro atoms. The van der Waals surface area contributed by atoms with Gasteiger partial charge in [-0.2, -0.15) is 0 Å². The van der Waals surface area contributed by atoms with Crippen molar-refractivity contribution in [3.05, 3.63) is 47.2 Å². The zero-order valence-corrected chi connectivity index (χ0v) is 31.1. The van der Waals surface area contributed by atoms with E-state index in [1.54, 1.807) is 12.1 Å². The molecule has 2 bridgehead atoms. The van der Waals surface area contributed by atoms with Crippen LogP contribution < -0.4 is 4.74 Å². The number of phenols is 1. The third kappa shape index (κ3) is 8.32. The first-order valence-corrected chi connectivity index (χ1v) is 19.4. The molecule has 51 heavy (non-hydrogen) atoms. The molecule has 10 heteroatoms. The zero-order chi connectivity index (χ0) is 36.6. The molecular weight excluding hydrogens is 650 g/mol. The summed E-state index contributed by atoms with van der Waals surface area (Å²) in [7, 11) is 2.00. The van der Waals surface area contributed by atoms with Gasteiger partial charge in [-0.25, -0.2) is 9.59 Å². The minimum absolute atomic E-state index is 0.0222. The molecule has 1 aromatic carbocycles. The minimum Gasteiger partial charge on any atom is -0.504 e. The number of allylic oxidation sites excluding steroid dienone is 2. The molecule has 4 aliphatic rings. The molecule has 10 nitrogen and oxygen atoms in total. The molecule has 0 unspecified atom stereocenters. The lowest BCUT2D eigenvalue weighted by Crippen LogP contribution is -2.74. The number of piperidine rings is 1. The third-order valence-electron chi connectivity index (χ3n) is 11.5. The number of carbonyl (C=O) groups is 3. The second-order valence-electron chi connectivity index (χ2n) is 15.1. The van der Waals surface area contributed by atoms with Crippen LogP contribution in [0, 0.1) is 0 Å². The number of esters is 3. The maximum Gasteiger partial charge on any atom is 0.352 e. The highest BCUT2D eigenvalue weighted by Crippen LogP contribution is 2.65. The Hall–Kier alpha value is -3.37. The van der Waals surface area contributed by atoms with Crippen LogP contribution in [0.25, 0.3) is 0 Å². The molecule has 2 heterocycles. The van der Waals surface area contributed by atoms with Crippen LogP contribution in [0.3, 0.4) is 0 Å². The normalized spacial score (nSPS) is 25.8. The van der Waals surface area contributed by atoms with Gasteiger partial charge in [0.25, 0.3) is 0 Å². The first-order chi connectivity index (χ1) is 24.5. The molecule has 5 rings (SSSR count). The van der Waals surface area contributed by atoms with Crippen molar-refractivity contribution < 1.29 is 43.5 Å². The van der Waals surface area contributed by atoms with Crippen molar-refractivity contribution in [2.45, 2.75) is 165 Å². The van der Waals surface area contributed by atoms with Gasteiger partial charge in [-0.3, -0.25) is 4.79 Å². The lowest BCUT2D eigenvalue weighted by atomic mass is 9.50. The van der Waals surface area contributed by atoms with Gasteiger partial charge in [-0.15, -0.1) is 0 Å². The molecule has 0 amide bonds. The summed E-state index contributed by atoms with van der Waals surface area (Å²) < 4.78 is 22.8. The van der Waals surface area contributed by atoms with Crippen molar-refractivity contribution in [3.8, 4) is 11.5 Å². The monoisotopic (exact) mass is 709 g/mol. The smallest absolute Gasteiger partial charge is 0.352 e. The average Bonchev–Trinajstić information content (AvgIpc) is 3.46. The van der Waals surface area contributed by atoms with Crippen molar-refractivity contribution in [3.63, 3.8) is 0 Å². The first-order valence-electron chi connectivity index (χ1n) is 19.4. The van der Waals surface area contributed by atoms with Gasteiger partial charge in [0.15, 0.2) is 29.8 Å². The molecular formula is C41H59NO9. The van der Waals surface area contributed by atoms with E-state index in [2.05, 4.69) is 24.0 Å². The second-order valence-corrected chi connectivity index (χ2v) is 15.1. The summed E-state index contributed by atoms with van der Waals surface area (Å²) in [5.41, 5.74) is -0.295. The number of unbranched alkanes of at least 4 members (excludes halogenated alkanes) is 11. The van der Waals surface area contributed by atoms with E-state index in [0.717, 1.165) is 43.2 Å². The molecule has 1 fully saturated rings. The van der Waals surface area contributed by atoms with E-state index >= 15 is 0 Å². The van der Waals surface area contributed by atoms with Crippen molar-refractivity contribution in [1.29, 1.82) is 0 Å². The Balaban J connectivity index is 1.01. The summed E-state index contributed by atoms with van der Waals surface area (Å²) >= 11 is 0. The van der Waals surface area contributed by atoms with Crippen LogP contribution in [0.5, 0.6) is 11.5 Å². The van der Waals surface area contributed by atoms with E-state index in [9.17, 15) is 24.6 Å². The fraction of sp³-hybridized carbons (Fsp3) is 0.683. The Bertz CT molecular complexity index is 1450. The first kappa shape index (κ1) is 38.9. The number of nitrogens with zero attached hydrogens (tertiary/aromatic N) is 1. The molecule has 2 aliphatic carbocycles. The van der Waals surface area contributed by atoms with Gasteiger partial charge >= 0.3 is 17.9 Å². The van der Waals surface area contributed by atoms with Crippen LogP contribution in [-0.4, -0.2) is 76.6 Å². The lowest BCUT2D eigenvalue weighted by molar-refractivity contribution is -0.180. The van der Waals surface area contributed by atoms with Gasteiger partial charge in [0.1, 0.15) is 5.76 Å². The Morgan fingerprint density at radius 2 is 1.59 bits per heavy atom. The van der Waals surface area contributed by atoms with E-state index in [4.69, 9.17) is 18.9 Å². The highest BCUT2D eigenvalue weighted by Gasteiger charge is 2.72. The van der Waals surface area contributed by atoms with E-state index in [0.29, 0.717) is 31.6 Å². The van der Waals surface area contributed by atoms with Crippen LogP contribution in [0.4, 0.5) is 0 Å². The van der Waals surface area contributed by atoms with Crippen LogP contribution in [0.2, 0.25) is 0 Å². The quantitative estimate of drug-likeness (QED) is 0.0625. The fourth-order valence-electron chi connectivity index (χ4n) is 8.60. The van der Waals surface area contributed by atoms with Gasteiger partial charge in [0, 0.05) is 24.4 Å². The van der Waals surface area contributed by atoms with Crippen molar-refractivity contribution in [1.82, 2.24) is 4.90 Å². The number of carbonyl (C=O) groups excluding carboxylic acids is 3. The molecule has 2 aliphatic heterocycles. The summed E-state index contributed by atoms with van der Waals surface area (Å²) in [6.07, 6.45) is 19.7. The lowest BCUT2D eigenvalue weighted by Gasteiger charge is -2.61. The number of rotatable bonds is 20. The number of likely N-dealkylation sites (N-methyl/N-ethyl adjacent to an activating group) is 1. The summed E-state index contributed by atoms with van der Waals surface area (Å²) in [6, 6.07) is 3.31. The summed E-state index contributed by atoms with van der Waals surface area (Å²) in [4.78, 5) is 40.5. The molecule has 1 saturated heterocycles. The molecule has 6 atom stereocenters. The summed E-state index contributed by atoms with van der Waals surface area (Å²) in [5, 5.41) is 23.0. The summed E-state index contributed by atoms with van der Waals surface area (Å²) in [5.74, 6) is -1.61. The number of phenolic OH excluding ortho intramolecular Hbond substituents is 1. The van der Waals surface area contributed by atoms with Crippen molar-refractivity contribution in [2.75, 3.05) is 13.6 Å². The topological polar surface area (TPSA) is 132 Å². The van der Waals surface area contributed by atoms with E-state index in [1.165, 1.54) is 58.8 Å². The van der Waals surface area contributed by atoms with Gasteiger partial charge in [-0.1, -0.05) is 76.5 Å². The maximum atomic E-state index is 13.2. The van der Waals surface area contributed by atoms with Gasteiger partial charge in [0.05, 0.1) is 11.0 Å².